The molecule has 94 valence electrons. The average Bonchev–Trinajstić information content (AvgIpc) is 2.81. The third kappa shape index (κ3) is 1.19. The number of carboxylic acid groups (broad SMARTS) is 1. The number of hydrogen-bond acceptors (Lipinski definition) is 1. The van der Waals surface area contributed by atoms with Crippen LogP contribution in [0.25, 0.3) is 0 Å². The van der Waals surface area contributed by atoms with E-state index in [2.05, 4.69) is 20.4 Å². The quantitative estimate of drug-likeness (QED) is 0.705. The number of rotatable bonds is 1. The van der Waals surface area contributed by atoms with Crippen LogP contribution in [0.4, 0.5) is 0 Å². The summed E-state index contributed by atoms with van der Waals surface area (Å²) in [7, 11) is 0. The first kappa shape index (κ1) is 11.3. The van der Waals surface area contributed by atoms with Crippen LogP contribution in [-0.2, 0) is 4.79 Å². The number of fused-ring (bicyclic) bond motifs is 1. The van der Waals surface area contributed by atoms with E-state index in [4.69, 9.17) is 0 Å². The van der Waals surface area contributed by atoms with Gasteiger partial charge in [0.15, 0.2) is 0 Å². The number of carboxylic acids is 1. The molecule has 2 nitrogen and oxygen atoms in total. The zero-order valence-electron chi connectivity index (χ0n) is 10.8. The number of allylic oxidation sites excluding steroid dienone is 1. The first-order valence-electron chi connectivity index (χ1n) is 6.81. The molecule has 17 heavy (non-hydrogen) atoms. The minimum absolute atomic E-state index is 0.0725. The summed E-state index contributed by atoms with van der Waals surface area (Å²) < 4.78 is 0. The zero-order chi connectivity index (χ0) is 12.4. The first-order valence-corrected chi connectivity index (χ1v) is 6.81. The molecule has 3 saturated carbocycles. The first-order chi connectivity index (χ1) is 7.89. The van der Waals surface area contributed by atoms with Gasteiger partial charge in [0.2, 0.25) is 0 Å². The van der Waals surface area contributed by atoms with Crippen LogP contribution in [-0.4, -0.2) is 11.1 Å². The second kappa shape index (κ2) is 3.15. The molecular formula is C15H22O2. The van der Waals surface area contributed by atoms with Crippen molar-refractivity contribution >= 4 is 5.97 Å². The van der Waals surface area contributed by atoms with Gasteiger partial charge in [-0.3, -0.25) is 4.79 Å². The third-order valence-corrected chi connectivity index (χ3v) is 6.28. The van der Waals surface area contributed by atoms with E-state index in [0.717, 1.165) is 25.7 Å². The molecule has 2 bridgehead atoms. The van der Waals surface area contributed by atoms with E-state index < -0.39 is 5.97 Å². The minimum Gasteiger partial charge on any atom is -0.481 e. The Hall–Kier alpha value is -0.790. The summed E-state index contributed by atoms with van der Waals surface area (Å²) in [5.74, 6) is 0.453. The van der Waals surface area contributed by atoms with Gasteiger partial charge in [0.1, 0.15) is 0 Å². The van der Waals surface area contributed by atoms with Gasteiger partial charge in [-0.05, 0) is 54.8 Å². The SMILES string of the molecule is C=C1[C@H]2CC[C@H](C(=O)O)[C@]23CC[C@H](C3)C1(C)C. The fourth-order valence-corrected chi connectivity index (χ4v) is 5.11. The predicted octanol–water partition coefficient (Wildman–Crippen LogP) is 3.48. The molecule has 0 aromatic rings. The molecule has 2 heteroatoms. The van der Waals surface area contributed by atoms with Crippen LogP contribution in [0.3, 0.4) is 0 Å². The van der Waals surface area contributed by atoms with Crippen molar-refractivity contribution in [2.75, 3.05) is 0 Å². The van der Waals surface area contributed by atoms with Gasteiger partial charge in [0.05, 0.1) is 5.92 Å². The number of aliphatic carboxylic acids is 1. The Bertz CT molecular complexity index is 396. The lowest BCUT2D eigenvalue weighted by molar-refractivity contribution is -0.146. The molecule has 3 fully saturated rings. The highest BCUT2D eigenvalue weighted by Crippen LogP contribution is 2.70. The molecule has 0 radical (unpaired) electrons. The lowest BCUT2D eigenvalue weighted by atomic mass is 9.56. The van der Waals surface area contributed by atoms with E-state index in [1.165, 1.54) is 12.0 Å². The molecule has 3 rings (SSSR count). The number of hydrogen-bond donors (Lipinski definition) is 1. The van der Waals surface area contributed by atoms with Crippen LogP contribution < -0.4 is 0 Å². The maximum absolute atomic E-state index is 11.5. The Balaban J connectivity index is 2.05. The minimum atomic E-state index is -0.569. The van der Waals surface area contributed by atoms with Crippen molar-refractivity contribution in [2.45, 2.75) is 46.0 Å². The third-order valence-electron chi connectivity index (χ3n) is 6.28. The fraction of sp³-hybridized carbons (Fsp3) is 0.800. The van der Waals surface area contributed by atoms with E-state index in [1.807, 2.05) is 0 Å². The van der Waals surface area contributed by atoms with Crippen molar-refractivity contribution in [1.82, 2.24) is 0 Å². The van der Waals surface area contributed by atoms with Crippen LogP contribution in [0, 0.1) is 28.6 Å². The summed E-state index contributed by atoms with van der Waals surface area (Å²) in [6, 6.07) is 0. The molecule has 0 heterocycles. The van der Waals surface area contributed by atoms with E-state index in [0.29, 0.717) is 11.8 Å². The lowest BCUT2D eigenvalue weighted by Crippen LogP contribution is -2.42. The second-order valence-electron chi connectivity index (χ2n) is 6.94. The Kier molecular flexibility index (Phi) is 2.10. The normalized spacial score (nSPS) is 46.9. The Labute approximate surface area is 103 Å². The van der Waals surface area contributed by atoms with Gasteiger partial charge in [0.25, 0.3) is 0 Å². The summed E-state index contributed by atoms with van der Waals surface area (Å²) in [5, 5.41) is 9.45. The van der Waals surface area contributed by atoms with Gasteiger partial charge < -0.3 is 5.11 Å². The standard InChI is InChI=1S/C15H22O2/c1-9-11-4-5-12(13(16)17)15(11)7-6-10(8-15)14(9,2)3/h10-12H,1,4-8H2,2-3H3,(H,16,17)/t10-,11-,12-,15+/m1/s1. The van der Waals surface area contributed by atoms with Gasteiger partial charge >= 0.3 is 5.97 Å². The Morgan fingerprint density at radius 1 is 1.35 bits per heavy atom. The van der Waals surface area contributed by atoms with Gasteiger partial charge in [0, 0.05) is 0 Å². The van der Waals surface area contributed by atoms with E-state index >= 15 is 0 Å². The van der Waals surface area contributed by atoms with E-state index in [1.54, 1.807) is 0 Å². The molecule has 1 N–H and O–H groups in total. The summed E-state index contributed by atoms with van der Waals surface area (Å²) in [6.45, 7) is 8.96. The van der Waals surface area contributed by atoms with Crippen LogP contribution in [0.1, 0.15) is 46.0 Å². The molecule has 0 amide bonds. The average molecular weight is 234 g/mol. The molecule has 0 aliphatic heterocycles. The highest BCUT2D eigenvalue weighted by atomic mass is 16.4. The van der Waals surface area contributed by atoms with Crippen LogP contribution in [0.5, 0.6) is 0 Å². The fourth-order valence-electron chi connectivity index (χ4n) is 5.11. The van der Waals surface area contributed by atoms with Crippen LogP contribution in [0.15, 0.2) is 12.2 Å². The Morgan fingerprint density at radius 2 is 2.06 bits per heavy atom. The smallest absolute Gasteiger partial charge is 0.307 e. The molecule has 4 atom stereocenters. The van der Waals surface area contributed by atoms with E-state index in [-0.39, 0.29) is 16.7 Å². The van der Waals surface area contributed by atoms with Crippen molar-refractivity contribution in [3.63, 3.8) is 0 Å². The maximum Gasteiger partial charge on any atom is 0.307 e. The highest BCUT2D eigenvalue weighted by Gasteiger charge is 2.63. The Morgan fingerprint density at radius 3 is 2.71 bits per heavy atom. The van der Waals surface area contributed by atoms with Crippen molar-refractivity contribution in [3.8, 4) is 0 Å². The van der Waals surface area contributed by atoms with Gasteiger partial charge in [-0.1, -0.05) is 26.0 Å². The summed E-state index contributed by atoms with van der Waals surface area (Å²) >= 11 is 0. The van der Waals surface area contributed by atoms with Crippen molar-refractivity contribution < 1.29 is 9.90 Å². The molecule has 0 unspecified atom stereocenters. The molecule has 3 aliphatic rings. The summed E-state index contributed by atoms with van der Waals surface area (Å²) in [4.78, 5) is 11.5. The second-order valence-corrected chi connectivity index (χ2v) is 6.94. The summed E-state index contributed by atoms with van der Waals surface area (Å²) in [5.41, 5.74) is 1.64. The molecule has 0 aromatic heterocycles. The summed E-state index contributed by atoms with van der Waals surface area (Å²) in [6.07, 6.45) is 5.35. The van der Waals surface area contributed by atoms with Gasteiger partial charge in [-0.2, -0.15) is 0 Å². The van der Waals surface area contributed by atoms with Gasteiger partial charge in [-0.15, -0.1) is 0 Å². The maximum atomic E-state index is 11.5. The van der Waals surface area contributed by atoms with Crippen molar-refractivity contribution in [1.29, 1.82) is 0 Å². The largest absolute Gasteiger partial charge is 0.481 e. The predicted molar refractivity (Wildman–Crippen MR) is 66.5 cm³/mol. The molecule has 0 saturated heterocycles. The molecule has 1 spiro atoms. The zero-order valence-corrected chi connectivity index (χ0v) is 10.8. The lowest BCUT2D eigenvalue weighted by Gasteiger charge is -2.48. The highest BCUT2D eigenvalue weighted by molar-refractivity contribution is 5.72. The van der Waals surface area contributed by atoms with Crippen molar-refractivity contribution in [2.24, 2.45) is 28.6 Å². The topological polar surface area (TPSA) is 37.3 Å². The van der Waals surface area contributed by atoms with Crippen LogP contribution in [0.2, 0.25) is 0 Å². The van der Waals surface area contributed by atoms with Gasteiger partial charge in [-0.25, -0.2) is 0 Å². The van der Waals surface area contributed by atoms with E-state index in [9.17, 15) is 9.90 Å². The monoisotopic (exact) mass is 234 g/mol. The van der Waals surface area contributed by atoms with Crippen LogP contribution >= 0.6 is 0 Å². The molecular weight excluding hydrogens is 212 g/mol. The molecule has 3 aliphatic carbocycles. The number of carbonyl (C=O) groups is 1. The molecule has 0 aromatic carbocycles. The van der Waals surface area contributed by atoms with Crippen molar-refractivity contribution in [3.05, 3.63) is 12.2 Å².